The molecule has 0 spiro atoms. The topological polar surface area (TPSA) is 59.0 Å². The molecule has 0 aromatic heterocycles. The monoisotopic (exact) mass is 335 g/mol. The first-order valence-electron chi connectivity index (χ1n) is 5.25. The number of halogens is 2. The number of benzene rings is 1. The van der Waals surface area contributed by atoms with Crippen LogP contribution in [0.3, 0.4) is 0 Å². The van der Waals surface area contributed by atoms with Crippen LogP contribution >= 0.6 is 27.5 Å². The summed E-state index contributed by atoms with van der Waals surface area (Å²) in [4.78, 5) is 16.6. The molecule has 1 fully saturated rings. The lowest BCUT2D eigenvalue weighted by molar-refractivity contribution is -0.170. The molecule has 1 aliphatic heterocycles. The molecule has 98 valence electrons. The van der Waals surface area contributed by atoms with Gasteiger partial charge in [-0.3, -0.25) is 9.63 Å². The molecule has 1 N–H and O–H groups in total. The molecule has 0 aliphatic carbocycles. The van der Waals surface area contributed by atoms with E-state index in [0.29, 0.717) is 10.8 Å². The molecule has 1 saturated heterocycles. The summed E-state index contributed by atoms with van der Waals surface area (Å²) in [7, 11) is 0. The van der Waals surface area contributed by atoms with Gasteiger partial charge in [0.15, 0.2) is 6.61 Å². The zero-order chi connectivity index (χ0) is 13.1. The molecular weight excluding hydrogens is 325 g/mol. The van der Waals surface area contributed by atoms with Crippen LogP contribution in [0.5, 0.6) is 5.75 Å². The van der Waals surface area contributed by atoms with Crippen LogP contribution in [0.2, 0.25) is 5.02 Å². The Morgan fingerprint density at radius 2 is 2.44 bits per heavy atom. The van der Waals surface area contributed by atoms with Crippen LogP contribution < -0.4 is 4.74 Å². The van der Waals surface area contributed by atoms with Crippen LogP contribution in [-0.4, -0.2) is 41.9 Å². The molecule has 0 radical (unpaired) electrons. The van der Waals surface area contributed by atoms with E-state index in [2.05, 4.69) is 15.9 Å². The summed E-state index contributed by atoms with van der Waals surface area (Å²) in [6.45, 7) is 0.106. The Kier molecular flexibility index (Phi) is 4.45. The fraction of sp³-hybridized carbons (Fsp3) is 0.364. The molecule has 0 saturated carbocycles. The highest BCUT2D eigenvalue weighted by Gasteiger charge is 2.26. The highest BCUT2D eigenvalue weighted by Crippen LogP contribution is 2.27. The first-order chi connectivity index (χ1) is 8.56. The second-order valence-corrected chi connectivity index (χ2v) is 5.09. The average Bonchev–Trinajstić information content (AvgIpc) is 2.74. The second kappa shape index (κ2) is 5.88. The average molecular weight is 337 g/mol. The van der Waals surface area contributed by atoms with Gasteiger partial charge in [-0.2, -0.15) is 0 Å². The number of hydroxylamine groups is 2. The van der Waals surface area contributed by atoms with E-state index in [-0.39, 0.29) is 25.7 Å². The summed E-state index contributed by atoms with van der Waals surface area (Å²) in [5.41, 5.74) is 0. The first kappa shape index (κ1) is 13.6. The molecule has 1 amide bonds. The Morgan fingerprint density at radius 3 is 3.06 bits per heavy atom. The largest absolute Gasteiger partial charge is 0.482 e. The van der Waals surface area contributed by atoms with Crippen LogP contribution in [0.15, 0.2) is 22.7 Å². The molecule has 18 heavy (non-hydrogen) atoms. The van der Waals surface area contributed by atoms with Crippen molar-refractivity contribution in [1.29, 1.82) is 0 Å². The number of hydrogen-bond acceptors (Lipinski definition) is 4. The molecule has 1 atom stereocenters. The number of aliphatic hydroxyl groups is 1. The third-order valence-corrected chi connectivity index (χ3v) is 3.11. The van der Waals surface area contributed by atoms with Crippen molar-refractivity contribution >= 4 is 33.4 Å². The number of hydrogen-bond donors (Lipinski definition) is 1. The normalized spacial score (nSPS) is 19.1. The minimum atomic E-state index is -0.634. The van der Waals surface area contributed by atoms with Crippen molar-refractivity contribution < 1.29 is 19.5 Å². The van der Waals surface area contributed by atoms with Gasteiger partial charge in [0.2, 0.25) is 0 Å². The predicted molar refractivity (Wildman–Crippen MR) is 68.3 cm³/mol. The maximum absolute atomic E-state index is 11.7. The Hall–Kier alpha value is -0.820. The van der Waals surface area contributed by atoms with E-state index in [9.17, 15) is 9.90 Å². The van der Waals surface area contributed by atoms with E-state index in [1.165, 1.54) is 0 Å². The lowest BCUT2D eigenvalue weighted by atomic mass is 10.3. The van der Waals surface area contributed by atoms with Crippen LogP contribution in [0.1, 0.15) is 0 Å². The van der Waals surface area contributed by atoms with Gasteiger partial charge in [-0.05, 0) is 18.2 Å². The molecule has 1 aliphatic rings. The van der Waals surface area contributed by atoms with Crippen molar-refractivity contribution in [2.75, 3.05) is 19.8 Å². The zero-order valence-electron chi connectivity index (χ0n) is 9.31. The summed E-state index contributed by atoms with van der Waals surface area (Å²) in [6.07, 6.45) is -0.634. The van der Waals surface area contributed by atoms with Crippen molar-refractivity contribution in [1.82, 2.24) is 5.06 Å². The van der Waals surface area contributed by atoms with Crippen LogP contribution in [-0.2, 0) is 9.63 Å². The van der Waals surface area contributed by atoms with Gasteiger partial charge < -0.3 is 9.84 Å². The van der Waals surface area contributed by atoms with Crippen LogP contribution in [0.25, 0.3) is 0 Å². The molecular formula is C11H11BrClNO4. The summed E-state index contributed by atoms with van der Waals surface area (Å²) >= 11 is 9.22. The first-order valence-corrected chi connectivity index (χ1v) is 6.42. The number of β-amino-alcohol motifs (C(OH)–C–C–N with tert-alkyl or cyclic N) is 1. The van der Waals surface area contributed by atoms with E-state index in [1.54, 1.807) is 18.2 Å². The zero-order valence-corrected chi connectivity index (χ0v) is 11.6. The molecule has 1 heterocycles. The van der Waals surface area contributed by atoms with Gasteiger partial charge >= 0.3 is 0 Å². The highest BCUT2D eigenvalue weighted by atomic mass is 79.9. The quantitative estimate of drug-likeness (QED) is 0.911. The summed E-state index contributed by atoms with van der Waals surface area (Å²) in [6, 6.07) is 5.11. The van der Waals surface area contributed by atoms with Gasteiger partial charge in [0.05, 0.1) is 11.6 Å². The smallest absolute Gasteiger partial charge is 0.284 e. The van der Waals surface area contributed by atoms with E-state index in [4.69, 9.17) is 21.2 Å². The molecule has 7 heteroatoms. The lowest BCUT2D eigenvalue weighted by Gasteiger charge is -2.14. The van der Waals surface area contributed by atoms with Crippen molar-refractivity contribution in [2.24, 2.45) is 0 Å². The Balaban J connectivity index is 1.89. The number of rotatable bonds is 3. The fourth-order valence-electron chi connectivity index (χ4n) is 1.45. The SMILES string of the molecule is O=C(COc1ccc(Br)cc1Cl)N1C[C@H](O)CO1. The Labute approximate surface area is 117 Å². The predicted octanol–water partition coefficient (Wildman–Crippen LogP) is 1.62. The minimum Gasteiger partial charge on any atom is -0.482 e. The van der Waals surface area contributed by atoms with E-state index >= 15 is 0 Å². The van der Waals surface area contributed by atoms with Crippen LogP contribution in [0.4, 0.5) is 0 Å². The number of ether oxygens (including phenoxy) is 1. The van der Waals surface area contributed by atoms with Gasteiger partial charge in [0.25, 0.3) is 5.91 Å². The van der Waals surface area contributed by atoms with Crippen molar-refractivity contribution in [3.8, 4) is 5.75 Å². The summed E-state index contributed by atoms with van der Waals surface area (Å²) in [5.74, 6) is 0.0681. The van der Waals surface area contributed by atoms with E-state index in [1.807, 2.05) is 0 Å². The molecule has 0 unspecified atom stereocenters. The van der Waals surface area contributed by atoms with Gasteiger partial charge in [0.1, 0.15) is 18.5 Å². The maximum atomic E-state index is 11.7. The van der Waals surface area contributed by atoms with Crippen molar-refractivity contribution in [3.05, 3.63) is 27.7 Å². The Bertz CT molecular complexity index is 457. The van der Waals surface area contributed by atoms with E-state index in [0.717, 1.165) is 9.54 Å². The molecule has 1 aromatic rings. The van der Waals surface area contributed by atoms with Crippen LogP contribution in [0, 0.1) is 0 Å². The van der Waals surface area contributed by atoms with Gasteiger partial charge in [0, 0.05) is 4.47 Å². The number of carbonyl (C=O) groups excluding carboxylic acids is 1. The number of nitrogens with zero attached hydrogens (tertiary/aromatic N) is 1. The fourth-order valence-corrected chi connectivity index (χ4v) is 2.18. The van der Waals surface area contributed by atoms with Crippen molar-refractivity contribution in [2.45, 2.75) is 6.10 Å². The third kappa shape index (κ3) is 3.35. The van der Waals surface area contributed by atoms with Gasteiger partial charge in [-0.1, -0.05) is 27.5 Å². The summed E-state index contributed by atoms with van der Waals surface area (Å²) in [5, 5.41) is 10.7. The minimum absolute atomic E-state index is 0.130. The summed E-state index contributed by atoms with van der Waals surface area (Å²) < 4.78 is 6.13. The molecule has 2 rings (SSSR count). The Morgan fingerprint density at radius 1 is 1.67 bits per heavy atom. The van der Waals surface area contributed by atoms with Crippen molar-refractivity contribution in [3.63, 3.8) is 0 Å². The lowest BCUT2D eigenvalue weighted by Crippen LogP contribution is -2.32. The second-order valence-electron chi connectivity index (χ2n) is 3.77. The standard InChI is InChI=1S/C11H11BrClNO4/c12-7-1-2-10(9(13)3-7)17-6-11(16)14-4-8(15)5-18-14/h1-3,8,15H,4-6H2/t8-/m0/s1. The maximum Gasteiger partial charge on any atom is 0.284 e. The van der Waals surface area contributed by atoms with Gasteiger partial charge in [-0.15, -0.1) is 0 Å². The number of carbonyl (C=O) groups is 1. The third-order valence-electron chi connectivity index (χ3n) is 2.32. The molecule has 5 nitrogen and oxygen atoms in total. The molecule has 0 bridgehead atoms. The van der Waals surface area contributed by atoms with Gasteiger partial charge in [-0.25, -0.2) is 5.06 Å². The number of amides is 1. The highest BCUT2D eigenvalue weighted by molar-refractivity contribution is 9.10. The van der Waals surface area contributed by atoms with E-state index < -0.39 is 6.10 Å². The number of aliphatic hydroxyl groups excluding tert-OH is 1. The molecule has 1 aromatic carbocycles.